The Balaban J connectivity index is 1.93. The fraction of sp³-hybridized carbons (Fsp3) is 0.400. The quantitative estimate of drug-likeness (QED) is 0.874. The highest BCUT2D eigenvalue weighted by Gasteiger charge is 2.07. The number of nitrogens with zero attached hydrogens (tertiary/aromatic N) is 2. The molecule has 0 aliphatic carbocycles. The molecule has 1 aromatic carbocycles. The number of hydrogen-bond donors (Lipinski definition) is 1. The minimum atomic E-state index is 0.276. The van der Waals surface area contributed by atoms with Crippen LogP contribution >= 0.6 is 0 Å². The average molecular weight is 243 g/mol. The first-order valence-electron chi connectivity index (χ1n) is 6.51. The van der Waals surface area contributed by atoms with Gasteiger partial charge in [-0.15, -0.1) is 0 Å². The molecule has 0 spiro atoms. The van der Waals surface area contributed by atoms with Crippen LogP contribution < -0.4 is 5.32 Å². The number of nitrogens with one attached hydrogen (secondary N) is 1. The average Bonchev–Trinajstić information content (AvgIpc) is 2.85. The molecule has 3 heteroatoms. The van der Waals surface area contributed by atoms with E-state index in [4.69, 9.17) is 0 Å². The molecule has 0 bridgehead atoms. The molecule has 3 nitrogen and oxygen atoms in total. The van der Waals surface area contributed by atoms with Crippen molar-refractivity contribution in [1.29, 1.82) is 0 Å². The highest BCUT2D eigenvalue weighted by molar-refractivity contribution is 5.22. The highest BCUT2D eigenvalue weighted by atomic mass is 15.3. The van der Waals surface area contributed by atoms with Crippen LogP contribution in [0.25, 0.3) is 0 Å². The number of aromatic nitrogens is 2. The largest absolute Gasteiger partial charge is 0.305 e. The third kappa shape index (κ3) is 3.20. The van der Waals surface area contributed by atoms with Gasteiger partial charge in [-0.05, 0) is 32.4 Å². The zero-order chi connectivity index (χ0) is 13.0. The third-order valence-corrected chi connectivity index (χ3v) is 3.12. The Hall–Kier alpha value is -1.61. The van der Waals surface area contributed by atoms with Crippen LogP contribution in [0.3, 0.4) is 0 Å². The standard InChI is InChI=1S/C15H21N3/c1-4-18-9-8-15(17-18)13(3)16-11-14-7-5-6-12(2)10-14/h5-10,13,16H,4,11H2,1-3H3. The van der Waals surface area contributed by atoms with Gasteiger partial charge in [0, 0.05) is 25.3 Å². The summed E-state index contributed by atoms with van der Waals surface area (Å²) in [6.45, 7) is 8.17. The SMILES string of the molecule is CCn1ccc(C(C)NCc2cccc(C)c2)n1. The Labute approximate surface area is 109 Å². The Morgan fingerprint density at radius 2 is 2.17 bits per heavy atom. The van der Waals surface area contributed by atoms with E-state index in [1.54, 1.807) is 0 Å². The molecule has 0 aliphatic rings. The van der Waals surface area contributed by atoms with E-state index in [-0.39, 0.29) is 6.04 Å². The molecule has 1 unspecified atom stereocenters. The van der Waals surface area contributed by atoms with Crippen molar-refractivity contribution in [3.8, 4) is 0 Å². The number of benzene rings is 1. The first kappa shape index (κ1) is 12.8. The van der Waals surface area contributed by atoms with Crippen LogP contribution in [-0.2, 0) is 13.1 Å². The molecule has 0 amide bonds. The van der Waals surface area contributed by atoms with Crippen LogP contribution in [0.1, 0.15) is 36.7 Å². The van der Waals surface area contributed by atoms with Gasteiger partial charge in [-0.3, -0.25) is 4.68 Å². The van der Waals surface area contributed by atoms with Gasteiger partial charge in [0.05, 0.1) is 5.69 Å². The molecule has 0 radical (unpaired) electrons. The third-order valence-electron chi connectivity index (χ3n) is 3.12. The number of hydrogen-bond acceptors (Lipinski definition) is 2. The fourth-order valence-corrected chi connectivity index (χ4v) is 1.98. The van der Waals surface area contributed by atoms with Crippen LogP contribution in [0.5, 0.6) is 0 Å². The van der Waals surface area contributed by atoms with Gasteiger partial charge in [-0.2, -0.15) is 5.10 Å². The predicted molar refractivity (Wildman–Crippen MR) is 74.3 cm³/mol. The zero-order valence-corrected chi connectivity index (χ0v) is 11.4. The number of rotatable bonds is 5. The Morgan fingerprint density at radius 1 is 1.33 bits per heavy atom. The summed E-state index contributed by atoms with van der Waals surface area (Å²) in [4.78, 5) is 0. The Morgan fingerprint density at radius 3 is 2.83 bits per heavy atom. The normalized spacial score (nSPS) is 12.6. The van der Waals surface area contributed by atoms with Crippen LogP contribution in [0, 0.1) is 6.92 Å². The molecule has 0 fully saturated rings. The van der Waals surface area contributed by atoms with E-state index in [2.05, 4.69) is 61.5 Å². The maximum Gasteiger partial charge on any atom is 0.0791 e. The Bertz CT molecular complexity index is 502. The zero-order valence-electron chi connectivity index (χ0n) is 11.4. The molecule has 1 heterocycles. The van der Waals surface area contributed by atoms with E-state index < -0.39 is 0 Å². The summed E-state index contributed by atoms with van der Waals surface area (Å²) in [5.74, 6) is 0. The second-order valence-corrected chi connectivity index (χ2v) is 4.69. The summed E-state index contributed by atoms with van der Waals surface area (Å²) >= 11 is 0. The molecular weight excluding hydrogens is 222 g/mol. The van der Waals surface area contributed by atoms with Crippen LogP contribution in [-0.4, -0.2) is 9.78 Å². The van der Waals surface area contributed by atoms with Crippen molar-refractivity contribution in [1.82, 2.24) is 15.1 Å². The molecule has 18 heavy (non-hydrogen) atoms. The summed E-state index contributed by atoms with van der Waals surface area (Å²) in [5.41, 5.74) is 3.72. The summed E-state index contributed by atoms with van der Waals surface area (Å²) in [7, 11) is 0. The van der Waals surface area contributed by atoms with Crippen molar-refractivity contribution < 1.29 is 0 Å². The molecule has 1 atom stereocenters. The maximum absolute atomic E-state index is 4.51. The lowest BCUT2D eigenvalue weighted by Crippen LogP contribution is -2.18. The molecule has 1 N–H and O–H groups in total. The number of aryl methyl sites for hydroxylation is 2. The lowest BCUT2D eigenvalue weighted by Gasteiger charge is -2.11. The maximum atomic E-state index is 4.51. The van der Waals surface area contributed by atoms with Crippen molar-refractivity contribution in [2.45, 2.75) is 39.9 Å². The summed E-state index contributed by atoms with van der Waals surface area (Å²) in [6.07, 6.45) is 2.03. The van der Waals surface area contributed by atoms with Crippen molar-refractivity contribution in [3.63, 3.8) is 0 Å². The van der Waals surface area contributed by atoms with Gasteiger partial charge >= 0.3 is 0 Å². The smallest absolute Gasteiger partial charge is 0.0791 e. The summed E-state index contributed by atoms with van der Waals surface area (Å²) < 4.78 is 1.96. The Kier molecular flexibility index (Phi) is 4.15. The molecule has 0 aliphatic heterocycles. The molecule has 1 aromatic heterocycles. The lowest BCUT2D eigenvalue weighted by molar-refractivity contribution is 0.542. The van der Waals surface area contributed by atoms with Crippen LogP contribution in [0.2, 0.25) is 0 Å². The van der Waals surface area contributed by atoms with Gasteiger partial charge < -0.3 is 5.32 Å². The van der Waals surface area contributed by atoms with Crippen molar-refractivity contribution in [2.24, 2.45) is 0 Å². The van der Waals surface area contributed by atoms with Gasteiger partial charge in [0.2, 0.25) is 0 Å². The topological polar surface area (TPSA) is 29.9 Å². The van der Waals surface area contributed by atoms with Crippen molar-refractivity contribution in [2.75, 3.05) is 0 Å². The van der Waals surface area contributed by atoms with E-state index in [0.29, 0.717) is 0 Å². The van der Waals surface area contributed by atoms with E-state index in [0.717, 1.165) is 18.8 Å². The summed E-state index contributed by atoms with van der Waals surface area (Å²) in [6, 6.07) is 10.9. The van der Waals surface area contributed by atoms with Gasteiger partial charge in [-0.1, -0.05) is 29.8 Å². The molecule has 0 saturated carbocycles. The molecule has 96 valence electrons. The van der Waals surface area contributed by atoms with Crippen LogP contribution in [0.15, 0.2) is 36.5 Å². The van der Waals surface area contributed by atoms with E-state index in [1.807, 2.05) is 10.9 Å². The van der Waals surface area contributed by atoms with Gasteiger partial charge in [0.1, 0.15) is 0 Å². The molecule has 0 saturated heterocycles. The second kappa shape index (κ2) is 5.83. The van der Waals surface area contributed by atoms with Crippen molar-refractivity contribution in [3.05, 3.63) is 53.3 Å². The summed E-state index contributed by atoms with van der Waals surface area (Å²) in [5, 5.41) is 8.02. The first-order chi connectivity index (χ1) is 8.69. The second-order valence-electron chi connectivity index (χ2n) is 4.69. The molecular formula is C15H21N3. The monoisotopic (exact) mass is 243 g/mol. The minimum absolute atomic E-state index is 0.276. The van der Waals surface area contributed by atoms with Crippen LogP contribution in [0.4, 0.5) is 0 Å². The minimum Gasteiger partial charge on any atom is -0.305 e. The van der Waals surface area contributed by atoms with E-state index in [1.165, 1.54) is 11.1 Å². The highest BCUT2D eigenvalue weighted by Crippen LogP contribution is 2.11. The fourth-order valence-electron chi connectivity index (χ4n) is 1.98. The van der Waals surface area contributed by atoms with E-state index >= 15 is 0 Å². The first-order valence-corrected chi connectivity index (χ1v) is 6.51. The van der Waals surface area contributed by atoms with Crippen molar-refractivity contribution >= 4 is 0 Å². The molecule has 2 aromatic rings. The molecule has 2 rings (SSSR count). The lowest BCUT2D eigenvalue weighted by atomic mass is 10.1. The van der Waals surface area contributed by atoms with Gasteiger partial charge in [0.25, 0.3) is 0 Å². The van der Waals surface area contributed by atoms with Gasteiger partial charge in [0.15, 0.2) is 0 Å². The van der Waals surface area contributed by atoms with E-state index in [9.17, 15) is 0 Å². The predicted octanol–water partition coefficient (Wildman–Crippen LogP) is 3.06. The van der Waals surface area contributed by atoms with Gasteiger partial charge in [-0.25, -0.2) is 0 Å².